The van der Waals surface area contributed by atoms with Crippen molar-refractivity contribution in [2.45, 2.75) is 68.8 Å². The van der Waals surface area contributed by atoms with Crippen molar-refractivity contribution in [3.63, 3.8) is 0 Å². The smallest absolute Gasteiger partial charge is 0.251 e. The minimum Gasteiger partial charge on any atom is -0.349 e. The molecule has 2 aromatic rings. The summed E-state index contributed by atoms with van der Waals surface area (Å²) in [5.74, 6) is -0.514. The minimum absolute atomic E-state index is 0.00113. The maximum atomic E-state index is 15.2. The fourth-order valence-corrected chi connectivity index (χ4v) is 6.22. The third-order valence-corrected chi connectivity index (χ3v) is 8.33. The first-order valence-corrected chi connectivity index (χ1v) is 12.6. The molecule has 0 saturated carbocycles. The number of amides is 2. The number of nitrogens with zero attached hydrogens (tertiary/aromatic N) is 1. The molecule has 2 amide bonds. The maximum Gasteiger partial charge on any atom is 0.251 e. The number of sulfonamides is 1. The van der Waals surface area contributed by atoms with Gasteiger partial charge in [0.2, 0.25) is 15.9 Å². The highest BCUT2D eigenvalue weighted by Gasteiger charge is 2.42. The van der Waals surface area contributed by atoms with Gasteiger partial charge in [-0.25, -0.2) is 12.8 Å². The van der Waals surface area contributed by atoms with E-state index in [4.69, 9.17) is 5.73 Å². The molecule has 0 aromatic heterocycles. The molecule has 2 aromatic carbocycles. The molecule has 0 radical (unpaired) electrons. The van der Waals surface area contributed by atoms with E-state index >= 15 is 4.39 Å². The summed E-state index contributed by atoms with van der Waals surface area (Å²) in [6.07, 6.45) is -1.47. The number of anilines is 1. The summed E-state index contributed by atoms with van der Waals surface area (Å²) in [6, 6.07) is 9.88. The van der Waals surface area contributed by atoms with Crippen LogP contribution in [0.5, 0.6) is 0 Å². The van der Waals surface area contributed by atoms with E-state index in [1.165, 1.54) is 12.1 Å². The molecule has 4 N–H and O–H groups in total. The molecule has 2 heterocycles. The summed E-state index contributed by atoms with van der Waals surface area (Å²) in [4.78, 5) is 24.3. The van der Waals surface area contributed by atoms with E-state index in [1.54, 1.807) is 37.3 Å². The fraction of sp³-hybridized carbons (Fsp3) is 0.417. The lowest BCUT2D eigenvalue weighted by Gasteiger charge is -2.39. The van der Waals surface area contributed by atoms with E-state index < -0.39 is 33.9 Å². The molecule has 0 unspecified atom stereocenters. The number of halogens is 1. The van der Waals surface area contributed by atoms with Gasteiger partial charge in [0.1, 0.15) is 0 Å². The molecule has 0 bridgehead atoms. The number of piperidine rings is 1. The van der Waals surface area contributed by atoms with Gasteiger partial charge in [-0.15, -0.1) is 0 Å². The van der Waals surface area contributed by atoms with Crippen molar-refractivity contribution in [3.05, 3.63) is 59.2 Å². The third-order valence-electron chi connectivity index (χ3n) is 6.32. The Kier molecular flexibility index (Phi) is 6.26. The average Bonchev–Trinajstić information content (AvgIpc) is 3.11. The highest BCUT2D eigenvalue weighted by Crippen LogP contribution is 2.32. The van der Waals surface area contributed by atoms with Gasteiger partial charge in [0.25, 0.3) is 5.91 Å². The maximum absolute atomic E-state index is 15.2. The van der Waals surface area contributed by atoms with Gasteiger partial charge in [-0.2, -0.15) is 4.31 Å². The van der Waals surface area contributed by atoms with Gasteiger partial charge in [-0.05, 0) is 68.7 Å². The van der Waals surface area contributed by atoms with Gasteiger partial charge in [0.15, 0.2) is 6.30 Å². The standard InChI is InChI=1S/C24H29FN4O4S/c1-14-10-18(27-23(31)15-4-9-20-16(11-15)12-22(30)28-20)13-21(25)29(14)34(32,33)19-7-5-17(6-8-19)24(2,3)26/h4-9,11,14,18,21H,10,12-13,26H2,1-3H3,(H,27,31)(H,28,30)/t14-,18+,21-/m0/s1. The Morgan fingerprint density at radius 3 is 2.47 bits per heavy atom. The Hall–Kier alpha value is -2.82. The van der Waals surface area contributed by atoms with Crippen LogP contribution in [-0.2, 0) is 26.8 Å². The summed E-state index contributed by atoms with van der Waals surface area (Å²) < 4.78 is 42.5. The van der Waals surface area contributed by atoms with Gasteiger partial charge in [0.05, 0.1) is 11.3 Å². The zero-order valence-corrected chi connectivity index (χ0v) is 20.2. The van der Waals surface area contributed by atoms with Crippen LogP contribution in [0.1, 0.15) is 55.1 Å². The van der Waals surface area contributed by atoms with E-state index in [9.17, 15) is 18.0 Å². The molecule has 8 nitrogen and oxygen atoms in total. The zero-order valence-electron chi connectivity index (χ0n) is 19.3. The van der Waals surface area contributed by atoms with Gasteiger partial charge >= 0.3 is 0 Å². The molecule has 2 aliphatic heterocycles. The number of benzene rings is 2. The lowest BCUT2D eigenvalue weighted by Crippen LogP contribution is -2.54. The molecule has 3 atom stereocenters. The lowest BCUT2D eigenvalue weighted by atomic mass is 9.96. The lowest BCUT2D eigenvalue weighted by molar-refractivity contribution is -0.115. The molecule has 34 heavy (non-hydrogen) atoms. The van der Waals surface area contributed by atoms with Gasteiger partial charge in [-0.1, -0.05) is 12.1 Å². The minimum atomic E-state index is -4.07. The number of hydrogen-bond donors (Lipinski definition) is 3. The fourth-order valence-electron chi connectivity index (χ4n) is 4.55. The first kappa shape index (κ1) is 24.3. The Bertz CT molecular complexity index is 1210. The number of fused-ring (bicyclic) bond motifs is 1. The Morgan fingerprint density at radius 1 is 1.18 bits per heavy atom. The Labute approximate surface area is 198 Å². The van der Waals surface area contributed by atoms with Crippen molar-refractivity contribution < 1.29 is 22.4 Å². The van der Waals surface area contributed by atoms with E-state index in [2.05, 4.69) is 10.6 Å². The van der Waals surface area contributed by atoms with Crippen LogP contribution in [-0.4, -0.2) is 42.9 Å². The van der Waals surface area contributed by atoms with Crippen molar-refractivity contribution in [3.8, 4) is 0 Å². The second-order valence-corrected chi connectivity index (χ2v) is 11.4. The SMILES string of the molecule is C[C@H]1C[C@@H](NC(=O)c2ccc3c(c2)CC(=O)N3)C[C@@H](F)N1S(=O)(=O)c1ccc(C(C)(C)N)cc1. The van der Waals surface area contributed by atoms with Crippen LogP contribution < -0.4 is 16.4 Å². The van der Waals surface area contributed by atoms with E-state index in [0.29, 0.717) is 11.3 Å². The number of carbonyl (C=O) groups is 2. The molecule has 2 aliphatic rings. The van der Waals surface area contributed by atoms with Crippen LogP contribution in [0.25, 0.3) is 0 Å². The molecule has 182 valence electrons. The van der Waals surface area contributed by atoms with Crippen molar-refractivity contribution in [2.75, 3.05) is 5.32 Å². The quantitative estimate of drug-likeness (QED) is 0.559. The highest BCUT2D eigenvalue weighted by molar-refractivity contribution is 7.89. The Morgan fingerprint density at radius 2 is 1.85 bits per heavy atom. The van der Waals surface area contributed by atoms with E-state index in [1.807, 2.05) is 13.8 Å². The third kappa shape index (κ3) is 4.70. The van der Waals surface area contributed by atoms with Gasteiger partial charge < -0.3 is 16.4 Å². The average molecular weight is 489 g/mol. The largest absolute Gasteiger partial charge is 0.349 e. The normalized spacial score (nSPS) is 23.3. The van der Waals surface area contributed by atoms with Crippen LogP contribution in [0, 0.1) is 0 Å². The molecular weight excluding hydrogens is 459 g/mol. The van der Waals surface area contributed by atoms with Gasteiger partial charge in [-0.3, -0.25) is 9.59 Å². The van der Waals surface area contributed by atoms with Crippen molar-refractivity contribution in [1.82, 2.24) is 9.62 Å². The van der Waals surface area contributed by atoms with Crippen LogP contribution >= 0.6 is 0 Å². The topological polar surface area (TPSA) is 122 Å². The summed E-state index contributed by atoms with van der Waals surface area (Å²) in [5, 5.41) is 5.52. The number of alkyl halides is 1. The monoisotopic (exact) mass is 488 g/mol. The number of carbonyl (C=O) groups excluding carboxylic acids is 2. The summed E-state index contributed by atoms with van der Waals surface area (Å²) in [5.41, 5.74) is 7.99. The first-order chi connectivity index (χ1) is 15.9. The molecular formula is C24H29FN4O4S. The second kappa shape index (κ2) is 8.75. The van der Waals surface area contributed by atoms with Crippen molar-refractivity contribution in [1.29, 1.82) is 0 Å². The van der Waals surface area contributed by atoms with Gasteiger partial charge in [0, 0.05) is 35.3 Å². The molecule has 10 heteroatoms. The van der Waals surface area contributed by atoms with Crippen molar-refractivity contribution in [2.24, 2.45) is 5.73 Å². The number of nitrogens with two attached hydrogens (primary N) is 1. The van der Waals surface area contributed by atoms with E-state index in [0.717, 1.165) is 15.4 Å². The summed E-state index contributed by atoms with van der Waals surface area (Å²) in [7, 11) is -4.07. The molecule has 0 spiro atoms. The molecule has 1 saturated heterocycles. The van der Waals surface area contributed by atoms with E-state index in [-0.39, 0.29) is 36.0 Å². The van der Waals surface area contributed by atoms with Crippen LogP contribution in [0.3, 0.4) is 0 Å². The van der Waals surface area contributed by atoms with Crippen LogP contribution in [0.2, 0.25) is 0 Å². The number of nitrogens with one attached hydrogen (secondary N) is 2. The summed E-state index contributed by atoms with van der Waals surface area (Å²) >= 11 is 0. The number of rotatable bonds is 5. The molecule has 0 aliphatic carbocycles. The first-order valence-electron chi connectivity index (χ1n) is 11.2. The molecule has 4 rings (SSSR count). The highest BCUT2D eigenvalue weighted by atomic mass is 32.2. The van der Waals surface area contributed by atoms with Crippen LogP contribution in [0.4, 0.5) is 10.1 Å². The predicted octanol–water partition coefficient (Wildman–Crippen LogP) is 2.64. The Balaban J connectivity index is 1.45. The number of hydrogen-bond acceptors (Lipinski definition) is 5. The van der Waals surface area contributed by atoms with Crippen LogP contribution in [0.15, 0.2) is 47.4 Å². The van der Waals surface area contributed by atoms with Crippen molar-refractivity contribution >= 4 is 27.5 Å². The predicted molar refractivity (Wildman–Crippen MR) is 126 cm³/mol. The zero-order chi connectivity index (χ0) is 24.8. The molecule has 1 fully saturated rings. The second-order valence-electron chi connectivity index (χ2n) is 9.60. The summed E-state index contributed by atoms with van der Waals surface area (Å²) in [6.45, 7) is 5.26.